The number of piperidine rings is 2. The zero-order chi connectivity index (χ0) is 16.2. The number of carbonyl (C=O) groups excluding carboxylic acids is 1. The Morgan fingerprint density at radius 3 is 2.22 bits per heavy atom. The molecular formula is C19H27ClN2O. The van der Waals surface area contributed by atoms with Gasteiger partial charge in [-0.15, -0.1) is 0 Å². The minimum atomic E-state index is 0.222. The summed E-state index contributed by atoms with van der Waals surface area (Å²) in [6, 6.07) is 7.66. The van der Waals surface area contributed by atoms with Crippen molar-refractivity contribution >= 4 is 17.5 Å². The molecular weight excluding hydrogens is 308 g/mol. The molecule has 0 unspecified atom stereocenters. The first-order valence-corrected chi connectivity index (χ1v) is 9.21. The third-order valence-electron chi connectivity index (χ3n) is 5.62. The third kappa shape index (κ3) is 4.27. The van der Waals surface area contributed by atoms with Gasteiger partial charge in [-0.2, -0.15) is 0 Å². The molecule has 2 saturated heterocycles. The highest BCUT2D eigenvalue weighted by Crippen LogP contribution is 2.32. The Kier molecular flexibility index (Phi) is 5.60. The molecule has 3 rings (SSSR count). The van der Waals surface area contributed by atoms with Gasteiger partial charge in [-0.25, -0.2) is 0 Å². The molecule has 0 bridgehead atoms. The second-order valence-electron chi connectivity index (χ2n) is 7.13. The fourth-order valence-corrected chi connectivity index (χ4v) is 4.24. The quantitative estimate of drug-likeness (QED) is 0.845. The van der Waals surface area contributed by atoms with Gasteiger partial charge in [0.05, 0.1) is 6.42 Å². The van der Waals surface area contributed by atoms with Gasteiger partial charge in [-0.3, -0.25) is 4.79 Å². The molecule has 0 aromatic heterocycles. The molecule has 2 aliphatic heterocycles. The van der Waals surface area contributed by atoms with Crippen LogP contribution < -0.4 is 0 Å². The maximum atomic E-state index is 12.5. The second kappa shape index (κ2) is 7.67. The highest BCUT2D eigenvalue weighted by atomic mass is 35.5. The van der Waals surface area contributed by atoms with Gasteiger partial charge >= 0.3 is 0 Å². The standard InChI is InChI=1S/C19H27ClN2O/c1-21-10-6-15(7-11-21)16-8-12-22(13-9-16)19(23)14-17-4-2-3-5-18(17)20/h2-5,15-16H,6-14H2,1H3. The van der Waals surface area contributed by atoms with Crippen molar-refractivity contribution in [3.05, 3.63) is 34.9 Å². The van der Waals surface area contributed by atoms with Crippen LogP contribution in [-0.2, 0) is 11.2 Å². The molecule has 2 heterocycles. The number of amides is 1. The molecule has 2 fully saturated rings. The van der Waals surface area contributed by atoms with Crippen LogP contribution in [0.4, 0.5) is 0 Å². The molecule has 23 heavy (non-hydrogen) atoms. The summed E-state index contributed by atoms with van der Waals surface area (Å²) in [5.41, 5.74) is 0.941. The van der Waals surface area contributed by atoms with E-state index in [2.05, 4.69) is 11.9 Å². The monoisotopic (exact) mass is 334 g/mol. The summed E-state index contributed by atoms with van der Waals surface area (Å²) in [7, 11) is 2.21. The number of hydrogen-bond donors (Lipinski definition) is 0. The Balaban J connectivity index is 1.49. The molecule has 1 aromatic carbocycles. The first kappa shape index (κ1) is 16.8. The minimum absolute atomic E-state index is 0.222. The zero-order valence-electron chi connectivity index (χ0n) is 14.0. The summed E-state index contributed by atoms with van der Waals surface area (Å²) in [5, 5.41) is 0.696. The summed E-state index contributed by atoms with van der Waals surface area (Å²) in [4.78, 5) is 17.0. The molecule has 2 aliphatic rings. The number of hydrogen-bond acceptors (Lipinski definition) is 2. The summed E-state index contributed by atoms with van der Waals surface area (Å²) < 4.78 is 0. The zero-order valence-corrected chi connectivity index (χ0v) is 14.8. The van der Waals surface area contributed by atoms with E-state index in [0.29, 0.717) is 11.4 Å². The predicted molar refractivity (Wildman–Crippen MR) is 94.7 cm³/mol. The number of halogens is 1. The second-order valence-corrected chi connectivity index (χ2v) is 7.53. The van der Waals surface area contributed by atoms with E-state index in [0.717, 1.165) is 30.5 Å². The number of nitrogens with zero attached hydrogens (tertiary/aromatic N) is 2. The molecule has 3 nitrogen and oxygen atoms in total. The normalized spacial score (nSPS) is 21.6. The number of likely N-dealkylation sites (tertiary alicyclic amines) is 2. The predicted octanol–water partition coefficient (Wildman–Crippen LogP) is 3.46. The van der Waals surface area contributed by atoms with E-state index in [4.69, 9.17) is 11.6 Å². The lowest BCUT2D eigenvalue weighted by molar-refractivity contribution is -0.132. The Labute approximate surface area is 144 Å². The van der Waals surface area contributed by atoms with Crippen molar-refractivity contribution in [1.82, 2.24) is 9.80 Å². The van der Waals surface area contributed by atoms with Crippen LogP contribution in [-0.4, -0.2) is 48.9 Å². The molecule has 126 valence electrons. The first-order valence-electron chi connectivity index (χ1n) is 8.83. The topological polar surface area (TPSA) is 23.6 Å². The van der Waals surface area contributed by atoms with Gasteiger partial charge in [-0.1, -0.05) is 29.8 Å². The van der Waals surface area contributed by atoms with E-state index in [9.17, 15) is 4.79 Å². The van der Waals surface area contributed by atoms with E-state index in [-0.39, 0.29) is 5.91 Å². The van der Waals surface area contributed by atoms with Crippen molar-refractivity contribution in [2.45, 2.75) is 32.1 Å². The van der Waals surface area contributed by atoms with Crippen LogP contribution in [0.3, 0.4) is 0 Å². The molecule has 0 radical (unpaired) electrons. The maximum absolute atomic E-state index is 12.5. The lowest BCUT2D eigenvalue weighted by atomic mass is 9.79. The smallest absolute Gasteiger partial charge is 0.227 e. The largest absolute Gasteiger partial charge is 0.342 e. The van der Waals surface area contributed by atoms with Crippen LogP contribution in [0.25, 0.3) is 0 Å². The number of rotatable bonds is 3. The Hall–Kier alpha value is -1.06. The van der Waals surface area contributed by atoms with Crippen molar-refractivity contribution in [3.63, 3.8) is 0 Å². The maximum Gasteiger partial charge on any atom is 0.227 e. The fraction of sp³-hybridized carbons (Fsp3) is 0.632. The van der Waals surface area contributed by atoms with Crippen LogP contribution >= 0.6 is 11.6 Å². The average molecular weight is 335 g/mol. The molecule has 0 saturated carbocycles. The number of benzene rings is 1. The first-order chi connectivity index (χ1) is 11.1. The van der Waals surface area contributed by atoms with E-state index in [1.165, 1.54) is 38.8 Å². The van der Waals surface area contributed by atoms with Crippen molar-refractivity contribution in [2.24, 2.45) is 11.8 Å². The van der Waals surface area contributed by atoms with Gasteiger partial charge in [0.15, 0.2) is 0 Å². The van der Waals surface area contributed by atoms with Crippen LogP contribution in [0.15, 0.2) is 24.3 Å². The molecule has 0 aliphatic carbocycles. The third-order valence-corrected chi connectivity index (χ3v) is 5.99. The van der Waals surface area contributed by atoms with E-state index < -0.39 is 0 Å². The van der Waals surface area contributed by atoms with E-state index in [1.54, 1.807) is 0 Å². The summed E-state index contributed by atoms with van der Waals surface area (Å²) in [5.74, 6) is 1.90. The summed E-state index contributed by atoms with van der Waals surface area (Å²) in [6.45, 7) is 4.30. The van der Waals surface area contributed by atoms with Crippen LogP contribution in [0, 0.1) is 11.8 Å². The highest BCUT2D eigenvalue weighted by Gasteiger charge is 2.30. The number of carbonyl (C=O) groups is 1. The van der Waals surface area contributed by atoms with E-state index in [1.807, 2.05) is 29.2 Å². The Bertz CT molecular complexity index is 532. The summed E-state index contributed by atoms with van der Waals surface area (Å²) >= 11 is 6.17. The fourth-order valence-electron chi connectivity index (χ4n) is 4.04. The lowest BCUT2D eigenvalue weighted by Crippen LogP contribution is -2.42. The van der Waals surface area contributed by atoms with Crippen LogP contribution in [0.5, 0.6) is 0 Å². The van der Waals surface area contributed by atoms with Crippen molar-refractivity contribution in [3.8, 4) is 0 Å². The van der Waals surface area contributed by atoms with Gasteiger partial charge in [0.2, 0.25) is 5.91 Å². The van der Waals surface area contributed by atoms with Gasteiger partial charge in [0.1, 0.15) is 0 Å². The molecule has 1 amide bonds. The van der Waals surface area contributed by atoms with Gasteiger partial charge in [0, 0.05) is 18.1 Å². The Morgan fingerprint density at radius 2 is 1.61 bits per heavy atom. The highest BCUT2D eigenvalue weighted by molar-refractivity contribution is 6.31. The SMILES string of the molecule is CN1CCC(C2CCN(C(=O)Cc3ccccc3Cl)CC2)CC1. The molecule has 4 heteroatoms. The lowest BCUT2D eigenvalue weighted by Gasteiger charge is -2.39. The average Bonchev–Trinajstić information content (AvgIpc) is 2.58. The van der Waals surface area contributed by atoms with Crippen LogP contribution in [0.1, 0.15) is 31.2 Å². The van der Waals surface area contributed by atoms with Crippen molar-refractivity contribution < 1.29 is 4.79 Å². The van der Waals surface area contributed by atoms with Crippen molar-refractivity contribution in [1.29, 1.82) is 0 Å². The van der Waals surface area contributed by atoms with Crippen molar-refractivity contribution in [2.75, 3.05) is 33.2 Å². The molecule has 0 N–H and O–H groups in total. The molecule has 0 spiro atoms. The van der Waals surface area contributed by atoms with Gasteiger partial charge < -0.3 is 9.80 Å². The summed E-state index contributed by atoms with van der Waals surface area (Å²) in [6.07, 6.45) is 5.42. The van der Waals surface area contributed by atoms with Gasteiger partial charge in [-0.05, 0) is 69.3 Å². The molecule has 0 atom stereocenters. The Morgan fingerprint density at radius 1 is 1.04 bits per heavy atom. The minimum Gasteiger partial charge on any atom is -0.342 e. The van der Waals surface area contributed by atoms with Gasteiger partial charge in [0.25, 0.3) is 0 Å². The molecule has 1 aromatic rings. The van der Waals surface area contributed by atoms with E-state index >= 15 is 0 Å². The van der Waals surface area contributed by atoms with Crippen LogP contribution in [0.2, 0.25) is 5.02 Å².